The number of carbonyl (C=O) groups is 2. The third kappa shape index (κ3) is 17.7. The number of nitrogens with zero attached hydrogens (tertiary/aromatic N) is 1. The van der Waals surface area contributed by atoms with Crippen LogP contribution in [0, 0.1) is 17.3 Å². The van der Waals surface area contributed by atoms with Crippen LogP contribution in [-0.2, 0) is 9.59 Å². The molecule has 1 saturated carbocycles. The van der Waals surface area contributed by atoms with E-state index in [9.17, 15) is 9.59 Å². The predicted molar refractivity (Wildman–Crippen MR) is 168 cm³/mol. The lowest BCUT2D eigenvalue weighted by atomic mass is 9.71. The van der Waals surface area contributed by atoms with Gasteiger partial charge >= 0.3 is 0 Å². The molecule has 2 amide bonds. The Morgan fingerprint density at radius 3 is 2.21 bits per heavy atom. The fraction of sp³-hybridized carbons (Fsp3) is 0.900. The quantitative estimate of drug-likeness (QED) is 0.113. The Labute approximate surface area is 243 Å². The van der Waals surface area contributed by atoms with Crippen LogP contribution in [0.1, 0.15) is 104 Å². The van der Waals surface area contributed by atoms with Gasteiger partial charge in [-0.3, -0.25) is 14.6 Å². The van der Waals surface area contributed by atoms with E-state index in [4.69, 9.17) is 5.73 Å². The lowest BCUT2D eigenvalue weighted by molar-refractivity contribution is -0.122. The van der Waals surface area contributed by atoms with E-state index in [1.165, 1.54) is 64.2 Å². The van der Waals surface area contributed by atoms with Gasteiger partial charge in [0.15, 0.2) is 5.96 Å². The highest BCUT2D eigenvalue weighted by atomic mass is 32.2. The van der Waals surface area contributed by atoms with Crippen LogP contribution >= 0.6 is 11.8 Å². The van der Waals surface area contributed by atoms with Gasteiger partial charge in [-0.2, -0.15) is 11.8 Å². The Balaban J connectivity index is 2.14. The van der Waals surface area contributed by atoms with E-state index in [0.717, 1.165) is 37.2 Å². The van der Waals surface area contributed by atoms with E-state index in [2.05, 4.69) is 47.0 Å². The highest BCUT2D eigenvalue weighted by molar-refractivity contribution is 7.99. The summed E-state index contributed by atoms with van der Waals surface area (Å²) in [6.45, 7) is 9.38. The maximum absolute atomic E-state index is 12.2. The van der Waals surface area contributed by atoms with Crippen molar-refractivity contribution in [2.75, 3.05) is 45.2 Å². The van der Waals surface area contributed by atoms with Gasteiger partial charge in [0.05, 0.1) is 11.8 Å². The molecule has 0 radical (unpaired) electrons. The molecule has 0 saturated heterocycles. The van der Waals surface area contributed by atoms with Crippen molar-refractivity contribution >= 4 is 29.5 Å². The molecular formula is C30H60N6O2S. The molecule has 0 spiro atoms. The fourth-order valence-corrected chi connectivity index (χ4v) is 6.63. The molecule has 1 rings (SSSR count). The van der Waals surface area contributed by atoms with Crippen molar-refractivity contribution in [3.63, 3.8) is 0 Å². The molecule has 1 fully saturated rings. The molecule has 0 aromatic rings. The summed E-state index contributed by atoms with van der Waals surface area (Å²) in [6, 6.07) is -0.522. The van der Waals surface area contributed by atoms with Gasteiger partial charge < -0.3 is 27.0 Å². The van der Waals surface area contributed by atoms with Crippen LogP contribution in [-0.4, -0.2) is 69.1 Å². The molecule has 4 atom stereocenters. The van der Waals surface area contributed by atoms with Crippen LogP contribution in [0.15, 0.2) is 4.99 Å². The lowest BCUT2D eigenvalue weighted by Crippen LogP contribution is -2.42. The van der Waals surface area contributed by atoms with Gasteiger partial charge in [0.2, 0.25) is 11.8 Å². The van der Waals surface area contributed by atoms with Crippen molar-refractivity contribution in [2.45, 2.75) is 110 Å². The topological polar surface area (TPSA) is 121 Å². The van der Waals surface area contributed by atoms with E-state index in [0.29, 0.717) is 36.4 Å². The minimum atomic E-state index is -0.522. The van der Waals surface area contributed by atoms with E-state index < -0.39 is 6.04 Å². The van der Waals surface area contributed by atoms with E-state index >= 15 is 0 Å². The first-order chi connectivity index (χ1) is 18.7. The van der Waals surface area contributed by atoms with E-state index in [1.807, 2.05) is 0 Å². The molecule has 0 bridgehead atoms. The second-order valence-corrected chi connectivity index (χ2v) is 13.2. The van der Waals surface area contributed by atoms with E-state index in [-0.39, 0.29) is 11.8 Å². The predicted octanol–water partition coefficient (Wildman–Crippen LogP) is 4.44. The summed E-state index contributed by atoms with van der Waals surface area (Å²) in [5.41, 5.74) is 6.41. The molecule has 3 unspecified atom stereocenters. The number of nitrogens with one attached hydrogen (secondary N) is 4. The molecule has 228 valence electrons. The van der Waals surface area contributed by atoms with Gasteiger partial charge in [0, 0.05) is 39.5 Å². The number of nitrogens with two attached hydrogens (primary N) is 1. The Morgan fingerprint density at radius 1 is 0.949 bits per heavy atom. The molecule has 9 heteroatoms. The lowest BCUT2D eigenvalue weighted by Gasteiger charge is -2.35. The zero-order chi connectivity index (χ0) is 28.9. The van der Waals surface area contributed by atoms with Crippen LogP contribution in [0.4, 0.5) is 0 Å². The Kier molecular flexibility index (Phi) is 19.4. The van der Waals surface area contributed by atoms with Crippen LogP contribution in [0.5, 0.6) is 0 Å². The molecule has 0 aromatic carbocycles. The summed E-state index contributed by atoms with van der Waals surface area (Å²) in [5, 5.41) is 12.0. The molecule has 0 aliphatic heterocycles. The SMILES string of the molecule is CN=C(NC)NCCCC(N)C(=O)NCCSCC(=O)NCCCCC1(C)CC(C)CCCCCC[C@H](C)C1. The number of hydrogen-bond donors (Lipinski definition) is 5. The average molecular weight is 569 g/mol. The molecule has 1 aliphatic rings. The van der Waals surface area contributed by atoms with Gasteiger partial charge in [-0.05, 0) is 55.8 Å². The second-order valence-electron chi connectivity index (χ2n) is 12.1. The van der Waals surface area contributed by atoms with Crippen molar-refractivity contribution in [3.8, 4) is 0 Å². The van der Waals surface area contributed by atoms with Crippen LogP contribution in [0.25, 0.3) is 0 Å². The molecule has 6 N–H and O–H groups in total. The smallest absolute Gasteiger partial charge is 0.236 e. The normalized spacial score (nSPS) is 23.8. The van der Waals surface area contributed by atoms with E-state index in [1.54, 1.807) is 25.9 Å². The summed E-state index contributed by atoms with van der Waals surface area (Å²) >= 11 is 1.54. The maximum atomic E-state index is 12.2. The third-order valence-electron chi connectivity index (χ3n) is 7.92. The zero-order valence-corrected chi connectivity index (χ0v) is 26.5. The van der Waals surface area contributed by atoms with Crippen molar-refractivity contribution < 1.29 is 9.59 Å². The number of hydrogen-bond acceptors (Lipinski definition) is 5. The molecule has 0 aromatic heterocycles. The Hall–Kier alpha value is -1.48. The number of guanidine groups is 1. The number of thioether (sulfide) groups is 1. The number of carbonyl (C=O) groups excluding carboxylic acids is 2. The number of rotatable bonds is 15. The second kappa shape index (κ2) is 21.3. The highest BCUT2D eigenvalue weighted by Crippen LogP contribution is 2.40. The Bertz CT molecular complexity index is 689. The molecule has 1 aliphatic carbocycles. The van der Waals surface area contributed by atoms with Crippen LogP contribution in [0.2, 0.25) is 0 Å². The Morgan fingerprint density at radius 2 is 1.59 bits per heavy atom. The molecular weight excluding hydrogens is 508 g/mol. The van der Waals surface area contributed by atoms with Crippen molar-refractivity contribution in [3.05, 3.63) is 0 Å². The van der Waals surface area contributed by atoms with Gasteiger partial charge in [-0.1, -0.05) is 65.7 Å². The van der Waals surface area contributed by atoms with Gasteiger partial charge in [-0.15, -0.1) is 0 Å². The van der Waals surface area contributed by atoms with Gasteiger partial charge in [0.25, 0.3) is 0 Å². The zero-order valence-electron chi connectivity index (χ0n) is 25.7. The number of amides is 2. The third-order valence-corrected chi connectivity index (χ3v) is 8.88. The largest absolute Gasteiger partial charge is 0.359 e. The number of unbranched alkanes of at least 4 members (excludes halogenated alkanes) is 1. The fourth-order valence-electron chi connectivity index (χ4n) is 5.95. The molecule has 39 heavy (non-hydrogen) atoms. The number of aliphatic imine (C=N–C) groups is 1. The first-order valence-corrected chi connectivity index (χ1v) is 16.6. The average Bonchev–Trinajstić information content (AvgIpc) is 2.92. The van der Waals surface area contributed by atoms with Crippen molar-refractivity contribution in [1.82, 2.24) is 21.3 Å². The van der Waals surface area contributed by atoms with Crippen molar-refractivity contribution in [2.24, 2.45) is 28.0 Å². The first-order valence-electron chi connectivity index (χ1n) is 15.4. The summed E-state index contributed by atoms with van der Waals surface area (Å²) in [4.78, 5) is 28.4. The molecule has 8 nitrogen and oxygen atoms in total. The monoisotopic (exact) mass is 568 g/mol. The van der Waals surface area contributed by atoms with Crippen LogP contribution in [0.3, 0.4) is 0 Å². The summed E-state index contributed by atoms with van der Waals surface area (Å²) < 4.78 is 0. The molecule has 0 heterocycles. The first kappa shape index (κ1) is 35.5. The summed E-state index contributed by atoms with van der Waals surface area (Å²) in [6.07, 6.45) is 15.9. The minimum Gasteiger partial charge on any atom is -0.359 e. The maximum Gasteiger partial charge on any atom is 0.236 e. The van der Waals surface area contributed by atoms with Gasteiger partial charge in [0.1, 0.15) is 0 Å². The summed E-state index contributed by atoms with van der Waals surface area (Å²) in [5.74, 6) is 3.41. The van der Waals surface area contributed by atoms with Crippen LogP contribution < -0.4 is 27.0 Å². The van der Waals surface area contributed by atoms with Gasteiger partial charge in [-0.25, -0.2) is 0 Å². The minimum absolute atomic E-state index is 0.0792. The summed E-state index contributed by atoms with van der Waals surface area (Å²) in [7, 11) is 3.52. The standard InChI is InChI=1S/C30H60N6O2S/c1-24-13-8-6-7-9-14-25(2)22-30(3,21-24)16-10-11-17-34-27(37)23-39-20-19-35-28(38)26(31)15-12-18-36-29(32-4)33-5/h24-26H,6-23,31H2,1-5H3,(H,34,37)(H,35,38)(H2,32,33,36)/t24-,25?,26?,30?/m0/s1. The van der Waals surface area contributed by atoms with Crippen molar-refractivity contribution in [1.29, 1.82) is 0 Å². The highest BCUT2D eigenvalue weighted by Gasteiger charge is 2.28.